The Morgan fingerprint density at radius 3 is 2.75 bits per heavy atom. The van der Waals surface area contributed by atoms with Crippen molar-refractivity contribution < 1.29 is 18.3 Å². The van der Waals surface area contributed by atoms with Gasteiger partial charge in [-0.1, -0.05) is 0 Å². The van der Waals surface area contributed by atoms with Crippen LogP contribution in [0.5, 0.6) is 11.5 Å². The summed E-state index contributed by atoms with van der Waals surface area (Å²) < 4.78 is 35.4. The maximum atomic E-state index is 13.0. The van der Waals surface area contributed by atoms with E-state index in [0.717, 1.165) is 0 Å². The average molecular weight is 237 g/mol. The highest BCUT2D eigenvalue weighted by atomic mass is 79.9. The van der Waals surface area contributed by atoms with E-state index >= 15 is 0 Å². The van der Waals surface area contributed by atoms with Crippen LogP contribution in [0.3, 0.4) is 0 Å². The summed E-state index contributed by atoms with van der Waals surface area (Å²) in [6, 6.07) is 1.33. The molecule has 0 fully saturated rings. The van der Waals surface area contributed by atoms with Gasteiger partial charge in [-0.05, 0) is 15.9 Å². The summed E-state index contributed by atoms with van der Waals surface area (Å²) in [5.74, 6) is -1.91. The number of hydrogen-bond acceptors (Lipinski definition) is 2. The summed E-state index contributed by atoms with van der Waals surface area (Å²) in [6.45, 7) is -0.0673. The smallest absolute Gasteiger partial charge is 0.231 e. The quantitative estimate of drug-likeness (QED) is 0.645. The molecular weight excluding hydrogens is 234 g/mol. The van der Waals surface area contributed by atoms with Crippen LogP contribution in [0, 0.1) is 11.6 Å². The molecule has 1 aliphatic rings. The highest BCUT2D eigenvalue weighted by Crippen LogP contribution is 2.39. The third kappa shape index (κ3) is 0.964. The molecule has 0 amide bonds. The molecule has 0 atom stereocenters. The van der Waals surface area contributed by atoms with Crippen molar-refractivity contribution in [2.24, 2.45) is 0 Å². The van der Waals surface area contributed by atoms with Crippen molar-refractivity contribution in [3.8, 4) is 11.5 Å². The van der Waals surface area contributed by atoms with Crippen LogP contribution >= 0.6 is 15.9 Å². The van der Waals surface area contributed by atoms with Crippen molar-refractivity contribution in [1.29, 1.82) is 0 Å². The molecule has 0 N–H and O–H groups in total. The Hall–Kier alpha value is -0.840. The Bertz CT molecular complexity index is 341. The maximum Gasteiger partial charge on any atom is 0.231 e. The van der Waals surface area contributed by atoms with Gasteiger partial charge in [0.2, 0.25) is 18.4 Å². The Labute approximate surface area is 75.2 Å². The first-order valence-electron chi connectivity index (χ1n) is 3.13. The standard InChI is InChI=1S/C7H3BrF2O2/c8-3-1-4-7(12-2-11-4)6(10)5(3)9/h1H,2H2. The van der Waals surface area contributed by atoms with Crippen molar-refractivity contribution >= 4 is 15.9 Å². The van der Waals surface area contributed by atoms with Gasteiger partial charge >= 0.3 is 0 Å². The Balaban J connectivity index is 2.67. The molecule has 0 unspecified atom stereocenters. The molecular formula is C7H3BrF2O2. The lowest BCUT2D eigenvalue weighted by atomic mass is 10.3. The third-order valence-corrected chi connectivity index (χ3v) is 2.08. The van der Waals surface area contributed by atoms with Gasteiger partial charge in [-0.25, -0.2) is 4.39 Å². The molecule has 1 aromatic carbocycles. The van der Waals surface area contributed by atoms with Crippen LogP contribution in [0.25, 0.3) is 0 Å². The zero-order valence-electron chi connectivity index (χ0n) is 5.73. The van der Waals surface area contributed by atoms with Crippen LogP contribution in [0.4, 0.5) is 8.78 Å². The molecule has 0 radical (unpaired) electrons. The number of halogens is 3. The Morgan fingerprint density at radius 1 is 1.25 bits per heavy atom. The van der Waals surface area contributed by atoms with Gasteiger partial charge in [0.1, 0.15) is 0 Å². The molecule has 0 aromatic heterocycles. The molecule has 2 rings (SSSR count). The topological polar surface area (TPSA) is 18.5 Å². The fourth-order valence-electron chi connectivity index (χ4n) is 0.950. The molecule has 0 aliphatic carbocycles. The second-order valence-electron chi connectivity index (χ2n) is 2.22. The van der Waals surface area contributed by atoms with E-state index in [1.54, 1.807) is 0 Å². The monoisotopic (exact) mass is 236 g/mol. The summed E-state index contributed by atoms with van der Waals surface area (Å²) in [6.07, 6.45) is 0. The molecule has 1 aromatic rings. The summed E-state index contributed by atoms with van der Waals surface area (Å²) in [7, 11) is 0. The largest absolute Gasteiger partial charge is 0.453 e. The maximum absolute atomic E-state index is 13.0. The number of hydrogen-bond donors (Lipinski definition) is 0. The van der Waals surface area contributed by atoms with Gasteiger partial charge in [-0.2, -0.15) is 4.39 Å². The minimum atomic E-state index is -1.02. The van der Waals surface area contributed by atoms with Gasteiger partial charge in [-0.15, -0.1) is 0 Å². The first kappa shape index (κ1) is 7.79. The lowest BCUT2D eigenvalue weighted by Gasteiger charge is -2.00. The van der Waals surface area contributed by atoms with E-state index < -0.39 is 11.6 Å². The number of benzene rings is 1. The van der Waals surface area contributed by atoms with E-state index in [2.05, 4.69) is 15.9 Å². The molecule has 0 saturated heterocycles. The van der Waals surface area contributed by atoms with Crippen molar-refractivity contribution in [2.45, 2.75) is 0 Å². The van der Waals surface area contributed by atoms with Crippen molar-refractivity contribution in [1.82, 2.24) is 0 Å². The summed E-state index contributed by atoms with van der Waals surface area (Å²) in [4.78, 5) is 0. The average Bonchev–Trinajstić information content (AvgIpc) is 2.48. The lowest BCUT2D eigenvalue weighted by Crippen LogP contribution is -1.94. The second kappa shape index (κ2) is 2.58. The van der Waals surface area contributed by atoms with Crippen molar-refractivity contribution in [2.75, 3.05) is 6.79 Å². The van der Waals surface area contributed by atoms with Crippen molar-refractivity contribution in [3.05, 3.63) is 22.2 Å². The molecule has 0 bridgehead atoms. The van der Waals surface area contributed by atoms with Crippen molar-refractivity contribution in [3.63, 3.8) is 0 Å². The zero-order chi connectivity index (χ0) is 8.72. The number of ether oxygens (including phenoxy) is 2. The Morgan fingerprint density at radius 2 is 2.00 bits per heavy atom. The molecule has 2 nitrogen and oxygen atoms in total. The van der Waals surface area contributed by atoms with Gasteiger partial charge < -0.3 is 9.47 Å². The van der Waals surface area contributed by atoms with Gasteiger partial charge in [0, 0.05) is 6.07 Å². The second-order valence-corrected chi connectivity index (χ2v) is 3.07. The predicted octanol–water partition coefficient (Wildman–Crippen LogP) is 2.46. The van der Waals surface area contributed by atoms with E-state index in [9.17, 15) is 8.78 Å². The molecule has 64 valence electrons. The van der Waals surface area contributed by atoms with Gasteiger partial charge in [0.15, 0.2) is 11.6 Å². The summed E-state index contributed by atoms with van der Waals surface area (Å²) in [5, 5.41) is 0. The van der Waals surface area contributed by atoms with E-state index in [4.69, 9.17) is 9.47 Å². The molecule has 1 heterocycles. The number of rotatable bonds is 0. The predicted molar refractivity (Wildman–Crippen MR) is 40.2 cm³/mol. The summed E-state index contributed by atoms with van der Waals surface area (Å²) >= 11 is 2.85. The van der Waals surface area contributed by atoms with E-state index in [0.29, 0.717) is 0 Å². The Kier molecular flexibility index (Phi) is 1.68. The lowest BCUT2D eigenvalue weighted by molar-refractivity contribution is 0.170. The highest BCUT2D eigenvalue weighted by molar-refractivity contribution is 9.10. The molecule has 0 spiro atoms. The SMILES string of the molecule is Fc1c(Br)cc2c(c1F)OCO2. The highest BCUT2D eigenvalue weighted by Gasteiger charge is 2.23. The molecule has 5 heteroatoms. The van der Waals surface area contributed by atoms with E-state index in [-0.39, 0.29) is 22.8 Å². The molecule has 1 aliphatic heterocycles. The van der Waals surface area contributed by atoms with Gasteiger partial charge in [-0.3, -0.25) is 0 Å². The normalized spacial score (nSPS) is 13.6. The van der Waals surface area contributed by atoms with Crippen LogP contribution in [-0.2, 0) is 0 Å². The van der Waals surface area contributed by atoms with E-state index in [1.807, 2.05) is 0 Å². The van der Waals surface area contributed by atoms with Crippen LogP contribution < -0.4 is 9.47 Å². The van der Waals surface area contributed by atoms with Crippen LogP contribution in [0.1, 0.15) is 0 Å². The van der Waals surface area contributed by atoms with E-state index in [1.165, 1.54) is 6.07 Å². The van der Waals surface area contributed by atoms with Gasteiger partial charge in [0.25, 0.3) is 0 Å². The first-order chi connectivity index (χ1) is 5.70. The summed E-state index contributed by atoms with van der Waals surface area (Å²) in [5.41, 5.74) is 0. The first-order valence-corrected chi connectivity index (χ1v) is 3.92. The zero-order valence-corrected chi connectivity index (χ0v) is 7.32. The third-order valence-electron chi connectivity index (χ3n) is 1.50. The van der Waals surface area contributed by atoms with Crippen LogP contribution in [-0.4, -0.2) is 6.79 Å². The van der Waals surface area contributed by atoms with Gasteiger partial charge in [0.05, 0.1) is 4.47 Å². The molecule has 0 saturated carbocycles. The fraction of sp³-hybridized carbons (Fsp3) is 0.143. The molecule has 12 heavy (non-hydrogen) atoms. The minimum Gasteiger partial charge on any atom is -0.453 e. The number of fused-ring (bicyclic) bond motifs is 1. The minimum absolute atomic E-state index is 0.0317. The van der Waals surface area contributed by atoms with Crippen LogP contribution in [0.15, 0.2) is 10.5 Å². The fourth-order valence-corrected chi connectivity index (χ4v) is 1.33. The van der Waals surface area contributed by atoms with Crippen LogP contribution in [0.2, 0.25) is 0 Å².